The number of aromatic hydroxyl groups is 1. The Labute approximate surface area is 197 Å². The molecule has 2 heterocycles. The van der Waals surface area contributed by atoms with E-state index in [2.05, 4.69) is 27.4 Å². The van der Waals surface area contributed by atoms with E-state index in [9.17, 15) is 14.7 Å². The first-order valence-electron chi connectivity index (χ1n) is 11.0. The second kappa shape index (κ2) is 8.90. The number of carbonyl (C=O) groups is 2. The summed E-state index contributed by atoms with van der Waals surface area (Å²) in [5.74, 6) is -0.733. The number of esters is 2. The summed E-state index contributed by atoms with van der Waals surface area (Å²) >= 11 is 0. The average Bonchev–Trinajstić information content (AvgIpc) is 3.44. The van der Waals surface area contributed by atoms with Gasteiger partial charge in [0.1, 0.15) is 35.7 Å². The van der Waals surface area contributed by atoms with Gasteiger partial charge in [-0.2, -0.15) is 0 Å². The van der Waals surface area contributed by atoms with Crippen molar-refractivity contribution in [3.63, 3.8) is 0 Å². The maximum atomic E-state index is 12.4. The third kappa shape index (κ3) is 4.51. The van der Waals surface area contributed by atoms with Crippen LogP contribution >= 0.6 is 0 Å². The van der Waals surface area contributed by atoms with E-state index < -0.39 is 11.9 Å². The average molecular weight is 468 g/mol. The fourth-order valence-corrected chi connectivity index (χ4v) is 3.52. The monoisotopic (exact) mass is 467 g/mol. The topological polar surface area (TPSA) is 95.8 Å². The number of nitrogens with zero attached hydrogens (tertiary/aromatic N) is 3. The Hall–Kier alpha value is -3.72. The molecule has 9 nitrogen and oxygen atoms in total. The van der Waals surface area contributed by atoms with Gasteiger partial charge in [-0.1, -0.05) is 33.4 Å². The highest BCUT2D eigenvalue weighted by atomic mass is 16.6. The number of ether oxygens (including phenoxy) is 3. The summed E-state index contributed by atoms with van der Waals surface area (Å²) in [6, 6.07) is 10.9. The molecule has 9 heteroatoms. The van der Waals surface area contributed by atoms with E-state index in [1.807, 2.05) is 32.3 Å². The normalized spacial score (nSPS) is 12.0. The number of hydrogen-bond acceptors (Lipinski definition) is 6. The summed E-state index contributed by atoms with van der Waals surface area (Å²) in [6.45, 7) is 12.0. The molecule has 4 aromatic rings. The lowest BCUT2D eigenvalue weighted by Gasteiger charge is -2.19. The summed E-state index contributed by atoms with van der Waals surface area (Å²) < 4.78 is 19.3. The quantitative estimate of drug-likeness (QED) is 0.229. The minimum Gasteiger partial charge on any atom is -0.506 e. The summed E-state index contributed by atoms with van der Waals surface area (Å²) in [7, 11) is 0. The highest BCUT2D eigenvalue weighted by Gasteiger charge is 2.28. The van der Waals surface area contributed by atoms with Gasteiger partial charge in [-0.3, -0.25) is 0 Å². The van der Waals surface area contributed by atoms with Crippen LogP contribution in [0.4, 0.5) is 0 Å². The van der Waals surface area contributed by atoms with Crippen LogP contribution < -0.4 is 0 Å². The van der Waals surface area contributed by atoms with Gasteiger partial charge in [-0.05, 0) is 48.2 Å². The number of aromatic nitrogens is 3. The Bertz CT molecular complexity index is 1350. The molecule has 180 valence electrons. The Kier molecular flexibility index (Phi) is 6.14. The molecule has 0 saturated carbocycles. The molecule has 0 saturated heterocycles. The molecule has 2 aromatic heterocycles. The van der Waals surface area contributed by atoms with E-state index in [1.54, 1.807) is 25.1 Å². The Morgan fingerprint density at radius 2 is 1.62 bits per heavy atom. The van der Waals surface area contributed by atoms with Crippen molar-refractivity contribution in [3.8, 4) is 11.4 Å². The molecule has 0 aliphatic heterocycles. The SMILES string of the molecule is C=C(C)C(=O)OCCOCCOC(=O)c1ccc2c(c1)n1n(-c3cc(C(C)(C)C)ccc3O)n21. The van der Waals surface area contributed by atoms with E-state index >= 15 is 0 Å². The largest absolute Gasteiger partial charge is 0.506 e. The molecular weight excluding hydrogens is 438 g/mol. The van der Waals surface area contributed by atoms with Gasteiger partial charge in [-0.15, -0.1) is 14.1 Å². The Morgan fingerprint density at radius 3 is 2.29 bits per heavy atom. The van der Waals surface area contributed by atoms with Gasteiger partial charge in [0, 0.05) is 5.57 Å². The first-order valence-corrected chi connectivity index (χ1v) is 11.0. The molecule has 1 N–H and O–H groups in total. The number of carbonyl (C=O) groups excluding carboxylic acids is 2. The fraction of sp³-hybridized carbons (Fsp3) is 0.360. The Morgan fingerprint density at radius 1 is 0.941 bits per heavy atom. The summed E-state index contributed by atoms with van der Waals surface area (Å²) in [5.41, 5.74) is 4.28. The zero-order chi connectivity index (χ0) is 24.6. The van der Waals surface area contributed by atoms with Crippen LogP contribution in [0.2, 0.25) is 0 Å². The van der Waals surface area contributed by atoms with Crippen LogP contribution in [0.1, 0.15) is 43.6 Å². The number of phenols is 1. The molecule has 0 atom stereocenters. The van der Waals surface area contributed by atoms with Crippen molar-refractivity contribution in [1.29, 1.82) is 0 Å². The third-order valence-electron chi connectivity index (χ3n) is 5.48. The number of fused-ring (bicyclic) bond motifs is 4. The van der Waals surface area contributed by atoms with Crippen molar-refractivity contribution >= 4 is 23.0 Å². The minimum absolute atomic E-state index is 0.0508. The first kappa shape index (κ1) is 23.4. The molecule has 0 aliphatic rings. The predicted molar refractivity (Wildman–Crippen MR) is 126 cm³/mol. The van der Waals surface area contributed by atoms with Gasteiger partial charge in [-0.25, -0.2) is 9.59 Å². The van der Waals surface area contributed by atoms with E-state index in [4.69, 9.17) is 14.2 Å². The maximum Gasteiger partial charge on any atom is 0.338 e. The number of benzene rings is 2. The van der Waals surface area contributed by atoms with E-state index in [-0.39, 0.29) is 37.6 Å². The first-order chi connectivity index (χ1) is 16.1. The highest BCUT2D eigenvalue weighted by Crippen LogP contribution is 2.34. The molecule has 0 amide bonds. The van der Waals surface area contributed by atoms with Gasteiger partial charge in [0.2, 0.25) is 0 Å². The Balaban J connectivity index is 1.36. The van der Waals surface area contributed by atoms with Crippen LogP contribution in [0, 0.1) is 0 Å². The van der Waals surface area contributed by atoms with Gasteiger partial charge in [0.05, 0.1) is 18.8 Å². The van der Waals surface area contributed by atoms with E-state index in [0.717, 1.165) is 16.6 Å². The summed E-state index contributed by atoms with van der Waals surface area (Å²) in [5, 5.41) is 10.4. The smallest absolute Gasteiger partial charge is 0.338 e. The zero-order valence-electron chi connectivity index (χ0n) is 19.8. The van der Waals surface area contributed by atoms with Crippen LogP contribution in [0.3, 0.4) is 0 Å². The number of hydrogen-bond donors (Lipinski definition) is 1. The molecule has 0 spiro atoms. The van der Waals surface area contributed by atoms with Gasteiger partial charge >= 0.3 is 11.9 Å². The van der Waals surface area contributed by atoms with Crippen LogP contribution in [-0.4, -0.2) is 57.5 Å². The molecule has 34 heavy (non-hydrogen) atoms. The summed E-state index contributed by atoms with van der Waals surface area (Å²) in [6.07, 6.45) is 0. The molecule has 0 aliphatic carbocycles. The molecule has 0 fully saturated rings. The third-order valence-corrected chi connectivity index (χ3v) is 5.48. The molecule has 0 unspecified atom stereocenters. The van der Waals surface area contributed by atoms with Crippen LogP contribution in [-0.2, 0) is 24.4 Å². The second-order valence-corrected chi connectivity index (χ2v) is 9.19. The number of rotatable bonds is 9. The standard InChI is InChI=1S/C25H29N3O6/c1-16(2)23(30)33-12-10-32-11-13-34-24(31)17-6-8-19-20(14-17)27-26(19)28(27)21-15-18(25(3,4)5)7-9-22(21)29/h6-9,14-15,29H,1,10-13H2,2-5H3. The van der Waals surface area contributed by atoms with E-state index in [0.29, 0.717) is 16.8 Å². The van der Waals surface area contributed by atoms with Crippen molar-refractivity contribution < 1.29 is 28.9 Å². The van der Waals surface area contributed by atoms with Gasteiger partial charge in [0.25, 0.3) is 0 Å². The lowest BCUT2D eigenvalue weighted by atomic mass is 9.87. The second-order valence-electron chi connectivity index (χ2n) is 9.19. The molecule has 4 rings (SSSR count). The highest BCUT2D eigenvalue weighted by molar-refractivity contribution is 5.94. The molecule has 0 bridgehead atoms. The van der Waals surface area contributed by atoms with Crippen LogP contribution in [0.5, 0.6) is 5.75 Å². The van der Waals surface area contributed by atoms with Crippen molar-refractivity contribution in [2.45, 2.75) is 33.1 Å². The van der Waals surface area contributed by atoms with Crippen molar-refractivity contribution in [2.75, 3.05) is 26.4 Å². The summed E-state index contributed by atoms with van der Waals surface area (Å²) in [4.78, 5) is 25.5. The molecule has 0 radical (unpaired) electrons. The zero-order valence-corrected chi connectivity index (χ0v) is 19.8. The lowest BCUT2D eigenvalue weighted by molar-refractivity contribution is -0.140. The van der Waals surface area contributed by atoms with E-state index in [1.165, 1.54) is 0 Å². The molecular formula is C25H29N3O6. The van der Waals surface area contributed by atoms with Crippen molar-refractivity contribution in [3.05, 3.63) is 59.7 Å². The van der Waals surface area contributed by atoms with Crippen molar-refractivity contribution in [1.82, 2.24) is 14.1 Å². The fourth-order valence-electron chi connectivity index (χ4n) is 3.52. The lowest BCUT2D eigenvalue weighted by Crippen LogP contribution is -2.15. The minimum atomic E-state index is -0.462. The number of phenolic OH excluding ortho intramolecular Hbond substituents is 1. The maximum absolute atomic E-state index is 12.4. The molecule has 2 aromatic carbocycles. The predicted octanol–water partition coefficient (Wildman–Crippen LogP) is 3.72. The van der Waals surface area contributed by atoms with Crippen molar-refractivity contribution in [2.24, 2.45) is 0 Å². The van der Waals surface area contributed by atoms with Crippen LogP contribution in [0.25, 0.3) is 16.7 Å². The van der Waals surface area contributed by atoms with Crippen LogP contribution in [0.15, 0.2) is 48.6 Å². The van der Waals surface area contributed by atoms with Gasteiger partial charge < -0.3 is 19.3 Å². The van der Waals surface area contributed by atoms with Gasteiger partial charge in [0.15, 0.2) is 0 Å².